The van der Waals surface area contributed by atoms with Crippen molar-refractivity contribution < 1.29 is 0 Å². The van der Waals surface area contributed by atoms with Gasteiger partial charge in [0.05, 0.1) is 0 Å². The molecule has 0 aliphatic rings. The van der Waals surface area contributed by atoms with Crippen LogP contribution in [0.3, 0.4) is 0 Å². The quantitative estimate of drug-likeness (QED) is 0.879. The Labute approximate surface area is 127 Å². The number of rotatable bonds is 3. The van der Waals surface area contributed by atoms with Crippen molar-refractivity contribution in [2.75, 3.05) is 10.6 Å². The SMILES string of the molecule is Cc1ccc(C)c(Nc2cc(C)nc(NC(C)(C)C)n2)c1. The second-order valence-corrected chi connectivity index (χ2v) is 6.54. The molecule has 0 spiro atoms. The van der Waals surface area contributed by atoms with Gasteiger partial charge in [0.1, 0.15) is 5.82 Å². The monoisotopic (exact) mass is 284 g/mol. The van der Waals surface area contributed by atoms with Crippen LogP contribution in [0.4, 0.5) is 17.5 Å². The van der Waals surface area contributed by atoms with Crippen molar-refractivity contribution in [3.8, 4) is 0 Å². The second-order valence-electron chi connectivity index (χ2n) is 6.54. The van der Waals surface area contributed by atoms with E-state index in [0.29, 0.717) is 5.95 Å². The highest BCUT2D eigenvalue weighted by molar-refractivity contribution is 5.62. The molecule has 2 rings (SSSR count). The van der Waals surface area contributed by atoms with Crippen molar-refractivity contribution in [2.24, 2.45) is 0 Å². The number of nitrogens with zero attached hydrogens (tertiary/aromatic N) is 2. The van der Waals surface area contributed by atoms with E-state index in [1.54, 1.807) is 0 Å². The van der Waals surface area contributed by atoms with Crippen LogP contribution in [0.1, 0.15) is 37.6 Å². The van der Waals surface area contributed by atoms with Crippen molar-refractivity contribution in [1.82, 2.24) is 9.97 Å². The molecule has 0 saturated heterocycles. The predicted molar refractivity (Wildman–Crippen MR) is 89.3 cm³/mol. The molecule has 21 heavy (non-hydrogen) atoms. The second kappa shape index (κ2) is 5.72. The Hall–Kier alpha value is -2.10. The van der Waals surface area contributed by atoms with Gasteiger partial charge in [0.2, 0.25) is 5.95 Å². The fourth-order valence-electron chi connectivity index (χ4n) is 2.03. The molecule has 112 valence electrons. The Balaban J connectivity index is 2.30. The van der Waals surface area contributed by atoms with E-state index in [1.807, 2.05) is 13.0 Å². The van der Waals surface area contributed by atoms with E-state index in [-0.39, 0.29) is 5.54 Å². The molecule has 4 nitrogen and oxygen atoms in total. The molecule has 0 saturated carbocycles. The van der Waals surface area contributed by atoms with Gasteiger partial charge in [-0.1, -0.05) is 12.1 Å². The van der Waals surface area contributed by atoms with Gasteiger partial charge in [0.25, 0.3) is 0 Å². The van der Waals surface area contributed by atoms with Crippen LogP contribution in [0, 0.1) is 20.8 Å². The van der Waals surface area contributed by atoms with E-state index in [1.165, 1.54) is 11.1 Å². The average molecular weight is 284 g/mol. The van der Waals surface area contributed by atoms with Gasteiger partial charge in [-0.3, -0.25) is 0 Å². The van der Waals surface area contributed by atoms with Crippen molar-refractivity contribution >= 4 is 17.5 Å². The number of hydrogen-bond donors (Lipinski definition) is 2. The van der Waals surface area contributed by atoms with E-state index < -0.39 is 0 Å². The van der Waals surface area contributed by atoms with Crippen LogP contribution in [0.5, 0.6) is 0 Å². The summed E-state index contributed by atoms with van der Waals surface area (Å²) in [5, 5.41) is 6.70. The van der Waals surface area contributed by atoms with Crippen molar-refractivity contribution in [3.63, 3.8) is 0 Å². The molecule has 0 radical (unpaired) electrons. The maximum Gasteiger partial charge on any atom is 0.225 e. The average Bonchev–Trinajstić information content (AvgIpc) is 2.31. The minimum absolute atomic E-state index is 0.0652. The molecular weight excluding hydrogens is 260 g/mol. The first-order valence-corrected chi connectivity index (χ1v) is 7.21. The zero-order valence-electron chi connectivity index (χ0n) is 13.7. The standard InChI is InChI=1S/C17H24N4/c1-11-7-8-12(2)14(9-11)19-15-10-13(3)18-16(20-15)21-17(4,5)6/h7-10H,1-6H3,(H2,18,19,20,21). The zero-order chi connectivity index (χ0) is 15.6. The highest BCUT2D eigenvalue weighted by atomic mass is 15.2. The Kier molecular flexibility index (Phi) is 4.16. The lowest BCUT2D eigenvalue weighted by molar-refractivity contribution is 0.625. The maximum atomic E-state index is 4.55. The Bertz CT molecular complexity index is 642. The highest BCUT2D eigenvalue weighted by Gasteiger charge is 2.12. The lowest BCUT2D eigenvalue weighted by Gasteiger charge is -2.21. The van der Waals surface area contributed by atoms with E-state index in [4.69, 9.17) is 0 Å². The molecule has 2 aromatic rings. The number of aromatic nitrogens is 2. The van der Waals surface area contributed by atoms with E-state index in [0.717, 1.165) is 17.2 Å². The Morgan fingerprint density at radius 3 is 2.33 bits per heavy atom. The van der Waals surface area contributed by atoms with Crippen LogP contribution >= 0.6 is 0 Å². The lowest BCUT2D eigenvalue weighted by Crippen LogP contribution is -2.27. The molecule has 0 fully saturated rings. The number of nitrogens with one attached hydrogen (secondary N) is 2. The third kappa shape index (κ3) is 4.45. The van der Waals surface area contributed by atoms with Crippen LogP contribution in [-0.2, 0) is 0 Å². The van der Waals surface area contributed by atoms with Gasteiger partial charge in [-0.25, -0.2) is 4.98 Å². The lowest BCUT2D eigenvalue weighted by atomic mass is 10.1. The van der Waals surface area contributed by atoms with Gasteiger partial charge in [-0.05, 0) is 58.7 Å². The molecule has 4 heteroatoms. The zero-order valence-corrected chi connectivity index (χ0v) is 13.7. The molecule has 1 aromatic heterocycles. The van der Waals surface area contributed by atoms with Gasteiger partial charge >= 0.3 is 0 Å². The van der Waals surface area contributed by atoms with Gasteiger partial charge in [0, 0.05) is 23.0 Å². The normalized spacial score (nSPS) is 11.3. The van der Waals surface area contributed by atoms with Crippen LogP contribution in [0.25, 0.3) is 0 Å². The minimum Gasteiger partial charge on any atom is -0.350 e. The molecular formula is C17H24N4. The van der Waals surface area contributed by atoms with Crippen molar-refractivity contribution in [1.29, 1.82) is 0 Å². The van der Waals surface area contributed by atoms with Crippen LogP contribution in [0.15, 0.2) is 24.3 Å². The maximum absolute atomic E-state index is 4.55. The predicted octanol–water partition coefficient (Wildman–Crippen LogP) is 4.36. The molecule has 0 unspecified atom stereocenters. The van der Waals surface area contributed by atoms with Crippen molar-refractivity contribution in [2.45, 2.75) is 47.1 Å². The molecule has 0 aliphatic heterocycles. The summed E-state index contributed by atoms with van der Waals surface area (Å²) in [5.41, 5.74) is 4.37. The number of hydrogen-bond acceptors (Lipinski definition) is 4. The smallest absolute Gasteiger partial charge is 0.225 e. The number of aryl methyl sites for hydroxylation is 3. The summed E-state index contributed by atoms with van der Waals surface area (Å²) in [7, 11) is 0. The molecule has 0 amide bonds. The third-order valence-corrected chi connectivity index (χ3v) is 3.00. The summed E-state index contributed by atoms with van der Waals surface area (Å²) in [6.07, 6.45) is 0. The third-order valence-electron chi connectivity index (χ3n) is 3.00. The molecule has 1 aromatic carbocycles. The van der Waals surface area contributed by atoms with Crippen LogP contribution in [-0.4, -0.2) is 15.5 Å². The summed E-state index contributed by atoms with van der Waals surface area (Å²) >= 11 is 0. The topological polar surface area (TPSA) is 49.8 Å². The molecule has 0 aliphatic carbocycles. The van der Waals surface area contributed by atoms with Gasteiger partial charge in [0.15, 0.2) is 0 Å². The fraction of sp³-hybridized carbons (Fsp3) is 0.412. The van der Waals surface area contributed by atoms with Gasteiger partial charge in [-0.2, -0.15) is 4.98 Å². The number of benzene rings is 1. The molecule has 2 N–H and O–H groups in total. The molecule has 1 heterocycles. The summed E-state index contributed by atoms with van der Waals surface area (Å²) in [6, 6.07) is 8.30. The molecule has 0 bridgehead atoms. The first-order valence-electron chi connectivity index (χ1n) is 7.21. The van der Waals surface area contributed by atoms with Gasteiger partial charge < -0.3 is 10.6 Å². The summed E-state index contributed by atoms with van der Waals surface area (Å²) < 4.78 is 0. The fourth-order valence-corrected chi connectivity index (χ4v) is 2.03. The van der Waals surface area contributed by atoms with Crippen LogP contribution < -0.4 is 10.6 Å². The summed E-state index contributed by atoms with van der Waals surface area (Å²) in [4.78, 5) is 8.99. The highest BCUT2D eigenvalue weighted by Crippen LogP contribution is 2.22. The Morgan fingerprint density at radius 1 is 0.952 bits per heavy atom. The van der Waals surface area contributed by atoms with E-state index >= 15 is 0 Å². The van der Waals surface area contributed by atoms with Crippen molar-refractivity contribution in [3.05, 3.63) is 41.1 Å². The largest absolute Gasteiger partial charge is 0.350 e. The van der Waals surface area contributed by atoms with E-state index in [2.05, 4.69) is 73.4 Å². The summed E-state index contributed by atoms with van der Waals surface area (Å²) in [6.45, 7) is 12.4. The summed E-state index contributed by atoms with van der Waals surface area (Å²) in [5.74, 6) is 1.46. The van der Waals surface area contributed by atoms with Gasteiger partial charge in [-0.15, -0.1) is 0 Å². The first kappa shape index (κ1) is 15.3. The Morgan fingerprint density at radius 2 is 1.67 bits per heavy atom. The van der Waals surface area contributed by atoms with E-state index in [9.17, 15) is 0 Å². The number of anilines is 3. The minimum atomic E-state index is -0.0652. The molecule has 0 atom stereocenters. The first-order chi connectivity index (χ1) is 9.73. The van der Waals surface area contributed by atoms with Crippen LogP contribution in [0.2, 0.25) is 0 Å².